The normalized spacial score (nSPS) is 16.7. The number of fused-ring (bicyclic) bond motifs is 2. The lowest BCUT2D eigenvalue weighted by molar-refractivity contribution is -0.139. The van der Waals surface area contributed by atoms with Crippen LogP contribution in [0.25, 0.3) is 27.8 Å². The topological polar surface area (TPSA) is 105 Å². The van der Waals surface area contributed by atoms with Gasteiger partial charge < -0.3 is 10.2 Å². The second-order valence-electron chi connectivity index (χ2n) is 12.5. The van der Waals surface area contributed by atoms with Crippen molar-refractivity contribution in [3.8, 4) is 11.1 Å². The summed E-state index contributed by atoms with van der Waals surface area (Å²) in [5.41, 5.74) is 4.80. The summed E-state index contributed by atoms with van der Waals surface area (Å²) in [4.78, 5) is 46.1. The molecule has 0 bridgehead atoms. The van der Waals surface area contributed by atoms with Crippen LogP contribution in [-0.2, 0) is 10.2 Å². The van der Waals surface area contributed by atoms with Gasteiger partial charge in [0.05, 0.1) is 17.4 Å². The number of nitrogens with one attached hydrogen (secondary N) is 1. The maximum Gasteiger partial charge on any atom is 0.270 e. The molecular weight excluding hydrogens is 526 g/mol. The second kappa shape index (κ2) is 9.72. The third-order valence-corrected chi connectivity index (χ3v) is 8.65. The number of hydrogen-bond donors (Lipinski definition) is 1. The van der Waals surface area contributed by atoms with Crippen LogP contribution in [0.15, 0.2) is 73.4 Å². The van der Waals surface area contributed by atoms with E-state index in [2.05, 4.69) is 53.9 Å². The summed E-state index contributed by atoms with van der Waals surface area (Å²) < 4.78 is 2.08. The van der Waals surface area contributed by atoms with E-state index in [1.54, 1.807) is 23.4 Å². The Bertz CT molecular complexity index is 1830. The molecule has 42 heavy (non-hydrogen) atoms. The maximum absolute atomic E-state index is 13.1. The molecule has 2 fully saturated rings. The molecule has 5 aromatic rings. The van der Waals surface area contributed by atoms with Crippen molar-refractivity contribution in [2.24, 2.45) is 5.41 Å². The van der Waals surface area contributed by atoms with Crippen LogP contribution in [0.3, 0.4) is 0 Å². The smallest absolute Gasteiger partial charge is 0.270 e. The van der Waals surface area contributed by atoms with Crippen molar-refractivity contribution in [1.29, 1.82) is 0 Å². The van der Waals surface area contributed by atoms with E-state index in [1.807, 2.05) is 51.5 Å². The minimum Gasteiger partial charge on any atom is -0.341 e. The fraction of sp³-hybridized carbons (Fsp3) is 0.333. The number of imidazole rings is 1. The number of aromatic nitrogens is 5. The first-order valence-electron chi connectivity index (χ1n) is 14.5. The molecule has 1 N–H and O–H groups in total. The Hall–Kier alpha value is -4.66. The van der Waals surface area contributed by atoms with Crippen molar-refractivity contribution >= 4 is 28.5 Å². The van der Waals surface area contributed by atoms with Gasteiger partial charge in [0.1, 0.15) is 11.7 Å². The average molecular weight is 560 g/mol. The number of likely N-dealkylation sites (tertiary alicyclic amines) is 1. The third kappa shape index (κ3) is 4.49. The molecule has 1 saturated heterocycles. The number of carbonyl (C=O) groups excluding carboxylic acids is 2. The quantitative estimate of drug-likeness (QED) is 0.321. The highest BCUT2D eigenvalue weighted by Gasteiger charge is 2.48. The predicted octanol–water partition coefficient (Wildman–Crippen LogP) is 4.80. The van der Waals surface area contributed by atoms with E-state index < -0.39 is 11.5 Å². The number of benzene rings is 1. The highest BCUT2D eigenvalue weighted by atomic mass is 16.2. The van der Waals surface area contributed by atoms with Crippen LogP contribution in [0.1, 0.15) is 61.8 Å². The highest BCUT2D eigenvalue weighted by Crippen LogP contribution is 2.53. The van der Waals surface area contributed by atoms with Crippen molar-refractivity contribution in [3.63, 3.8) is 0 Å². The second-order valence-corrected chi connectivity index (χ2v) is 12.5. The van der Waals surface area contributed by atoms with Crippen molar-refractivity contribution in [1.82, 2.24) is 34.6 Å². The van der Waals surface area contributed by atoms with E-state index >= 15 is 0 Å². The first-order valence-corrected chi connectivity index (χ1v) is 14.5. The molecule has 2 aliphatic rings. The molecule has 4 aromatic heterocycles. The van der Waals surface area contributed by atoms with E-state index in [0.29, 0.717) is 5.78 Å². The summed E-state index contributed by atoms with van der Waals surface area (Å²) in [6.45, 7) is 7.37. The molecule has 212 valence electrons. The van der Waals surface area contributed by atoms with E-state index in [-0.39, 0.29) is 22.9 Å². The molecule has 1 aliphatic carbocycles. The lowest BCUT2D eigenvalue weighted by Gasteiger charge is -2.38. The van der Waals surface area contributed by atoms with Gasteiger partial charge in [-0.25, -0.2) is 9.97 Å². The molecule has 1 saturated carbocycles. The zero-order chi connectivity index (χ0) is 29.1. The van der Waals surface area contributed by atoms with Crippen LogP contribution in [0.2, 0.25) is 0 Å². The molecular formula is C33H33N7O2. The van der Waals surface area contributed by atoms with Crippen molar-refractivity contribution in [3.05, 3.63) is 90.4 Å². The fourth-order valence-corrected chi connectivity index (χ4v) is 5.84. The van der Waals surface area contributed by atoms with Crippen LogP contribution in [0.5, 0.6) is 0 Å². The maximum atomic E-state index is 13.1. The molecule has 9 heteroatoms. The number of hydrogen-bond acceptors (Lipinski definition) is 6. The minimum atomic E-state index is -0.619. The molecule has 1 atom stereocenters. The molecule has 0 radical (unpaired) electrons. The summed E-state index contributed by atoms with van der Waals surface area (Å²) in [6, 6.07) is 13.5. The van der Waals surface area contributed by atoms with Crippen LogP contribution < -0.4 is 5.32 Å². The summed E-state index contributed by atoms with van der Waals surface area (Å²) >= 11 is 0. The summed E-state index contributed by atoms with van der Waals surface area (Å²) in [5, 5.41) is 4.07. The molecule has 1 aromatic carbocycles. The van der Waals surface area contributed by atoms with Crippen molar-refractivity contribution < 1.29 is 9.59 Å². The zero-order valence-corrected chi connectivity index (χ0v) is 24.0. The SMILES string of the molecule is CC(C)(C)[C@@H](NC(=O)c1ccc(-c2cnc3ncc(C4(c5ccc6ncccc6c5)CC4)n3c2)cn1)C(=O)N1CCC1. The highest BCUT2D eigenvalue weighted by molar-refractivity contribution is 5.96. The van der Waals surface area contributed by atoms with Gasteiger partial charge in [-0.3, -0.25) is 24.0 Å². The molecule has 7 rings (SSSR count). The summed E-state index contributed by atoms with van der Waals surface area (Å²) in [5.74, 6) is 0.247. The lowest BCUT2D eigenvalue weighted by atomic mass is 9.85. The summed E-state index contributed by atoms with van der Waals surface area (Å²) in [6.07, 6.45) is 12.3. The van der Waals surface area contributed by atoms with Crippen molar-refractivity contribution in [2.45, 2.75) is 51.5 Å². The molecule has 1 aliphatic heterocycles. The van der Waals surface area contributed by atoms with E-state index in [0.717, 1.165) is 60.1 Å². The van der Waals surface area contributed by atoms with Gasteiger partial charge in [-0.15, -0.1) is 0 Å². The molecule has 0 unspecified atom stereocenters. The Balaban J connectivity index is 1.15. The summed E-state index contributed by atoms with van der Waals surface area (Å²) in [7, 11) is 0. The van der Waals surface area contributed by atoms with Gasteiger partial charge in [-0.05, 0) is 54.5 Å². The van der Waals surface area contributed by atoms with Gasteiger partial charge in [0.2, 0.25) is 11.7 Å². The van der Waals surface area contributed by atoms with Gasteiger partial charge >= 0.3 is 0 Å². The standard InChI is InChI=1S/C33H33N7O2/c1-32(2,3)28(30(42)39-14-5-15-39)38-29(41)26-9-7-22(17-35-26)23-18-36-31-37-19-27(40(31)20-23)33(11-12-33)24-8-10-25-21(16-24)6-4-13-34-25/h4,6-10,13,16-20,28H,5,11-12,14-15H2,1-3H3,(H,38,41)/t28-/m0/s1. The Kier molecular flexibility index (Phi) is 6.07. The van der Waals surface area contributed by atoms with E-state index in [1.165, 1.54) is 5.56 Å². The van der Waals surface area contributed by atoms with Crippen LogP contribution in [-0.4, -0.2) is 60.2 Å². The third-order valence-electron chi connectivity index (χ3n) is 8.65. The van der Waals surface area contributed by atoms with Gasteiger partial charge in [-0.2, -0.15) is 0 Å². The number of amides is 2. The first-order chi connectivity index (χ1) is 20.2. The fourth-order valence-electron chi connectivity index (χ4n) is 5.84. The Morgan fingerprint density at radius 1 is 0.929 bits per heavy atom. The van der Waals surface area contributed by atoms with Gasteiger partial charge in [0, 0.05) is 59.8 Å². The number of rotatable bonds is 6. The van der Waals surface area contributed by atoms with E-state index in [4.69, 9.17) is 0 Å². The monoisotopic (exact) mass is 559 g/mol. The number of carbonyl (C=O) groups is 2. The van der Waals surface area contributed by atoms with Crippen LogP contribution >= 0.6 is 0 Å². The van der Waals surface area contributed by atoms with Crippen LogP contribution in [0, 0.1) is 5.41 Å². The van der Waals surface area contributed by atoms with Gasteiger partial charge in [0.25, 0.3) is 5.91 Å². The Morgan fingerprint density at radius 3 is 2.40 bits per heavy atom. The zero-order valence-electron chi connectivity index (χ0n) is 24.0. The first kappa shape index (κ1) is 26.3. The lowest BCUT2D eigenvalue weighted by Crippen LogP contribution is -2.57. The average Bonchev–Trinajstić information content (AvgIpc) is 3.66. The van der Waals surface area contributed by atoms with Crippen LogP contribution in [0.4, 0.5) is 0 Å². The molecule has 5 heterocycles. The number of nitrogens with zero attached hydrogens (tertiary/aromatic N) is 6. The Labute approximate surface area is 244 Å². The Morgan fingerprint density at radius 2 is 1.71 bits per heavy atom. The van der Waals surface area contributed by atoms with E-state index in [9.17, 15) is 9.59 Å². The van der Waals surface area contributed by atoms with Crippen molar-refractivity contribution in [2.75, 3.05) is 13.1 Å². The predicted molar refractivity (Wildman–Crippen MR) is 160 cm³/mol. The molecule has 9 nitrogen and oxygen atoms in total. The largest absolute Gasteiger partial charge is 0.341 e. The minimum absolute atomic E-state index is 0.0389. The molecule has 2 amide bonds. The molecule has 0 spiro atoms. The number of pyridine rings is 2. The van der Waals surface area contributed by atoms with Gasteiger partial charge in [0.15, 0.2) is 0 Å². The van der Waals surface area contributed by atoms with Gasteiger partial charge in [-0.1, -0.05) is 39.0 Å².